The van der Waals surface area contributed by atoms with Gasteiger partial charge in [-0.15, -0.1) is 0 Å². The summed E-state index contributed by atoms with van der Waals surface area (Å²) in [5.74, 6) is -1.22. The van der Waals surface area contributed by atoms with Crippen LogP contribution in [0.5, 0.6) is 0 Å². The smallest absolute Gasteiger partial charge is 0.112 e. The number of aromatic nitrogens is 1. The number of nitrogens with two attached hydrogens (primary N) is 1. The van der Waals surface area contributed by atoms with Crippen molar-refractivity contribution >= 4 is 40.0 Å². The fraction of sp³-hybridized carbons (Fsp3) is 0.182. The molecular formula is C33H35N2O2P. The number of carbonyl (C=O) groups is 1. The van der Waals surface area contributed by atoms with Crippen LogP contribution in [-0.4, -0.2) is 23.2 Å². The Morgan fingerprint density at radius 1 is 0.789 bits per heavy atom. The maximum atomic E-state index is 10.5. The standard InChI is InChI=1S/C22H24P.C11H12N2O2/c1-2-3-19-23(20-13-7-4-8-14-20,21-15-9-5-10-16-21)22-17-11-6-12-18-22;12-9(11(14)15)5-7-6-13-10-4-2-1-3-8(7)10/h4-18H,2-3,19H2,1H3;1-4,6,9,13H,5,12H2,(H,14,15)/q+1;/p-1/t;9-/m.0/s1. The molecule has 5 rings (SSSR count). The molecule has 0 saturated carbocycles. The quantitative estimate of drug-likeness (QED) is 0.278. The van der Waals surface area contributed by atoms with Crippen LogP contribution in [0.3, 0.4) is 0 Å². The maximum Gasteiger partial charge on any atom is 0.112 e. The first-order chi connectivity index (χ1) is 18.6. The Kier molecular flexibility index (Phi) is 9.48. The number of hydrogen-bond acceptors (Lipinski definition) is 3. The van der Waals surface area contributed by atoms with Gasteiger partial charge in [0.25, 0.3) is 0 Å². The number of unbranched alkanes of at least 4 members (excludes halogenated alkanes) is 1. The van der Waals surface area contributed by atoms with Crippen LogP contribution in [-0.2, 0) is 11.2 Å². The summed E-state index contributed by atoms with van der Waals surface area (Å²) < 4.78 is 0. The highest BCUT2D eigenvalue weighted by atomic mass is 31.2. The third-order valence-corrected chi connectivity index (χ3v) is 11.4. The fourth-order valence-corrected chi connectivity index (χ4v) is 9.40. The molecule has 0 unspecified atom stereocenters. The predicted molar refractivity (Wildman–Crippen MR) is 160 cm³/mol. The fourth-order valence-electron chi connectivity index (χ4n) is 4.90. The molecule has 0 aliphatic rings. The Labute approximate surface area is 225 Å². The van der Waals surface area contributed by atoms with Crippen LogP contribution >= 0.6 is 7.26 Å². The van der Waals surface area contributed by atoms with Gasteiger partial charge < -0.3 is 20.6 Å². The van der Waals surface area contributed by atoms with Crippen molar-refractivity contribution in [2.75, 3.05) is 6.16 Å². The molecule has 1 aromatic heterocycles. The van der Waals surface area contributed by atoms with Crippen LogP contribution in [0.2, 0.25) is 0 Å². The van der Waals surface area contributed by atoms with Gasteiger partial charge in [-0.25, -0.2) is 0 Å². The molecule has 38 heavy (non-hydrogen) atoms. The number of aliphatic carboxylic acids is 1. The molecule has 0 bridgehead atoms. The molecule has 5 heteroatoms. The molecule has 0 saturated heterocycles. The van der Waals surface area contributed by atoms with E-state index >= 15 is 0 Å². The number of para-hydroxylation sites is 1. The van der Waals surface area contributed by atoms with Gasteiger partial charge in [0, 0.05) is 23.1 Å². The first-order valence-electron chi connectivity index (χ1n) is 13.1. The van der Waals surface area contributed by atoms with Crippen molar-refractivity contribution in [3.05, 3.63) is 127 Å². The number of nitrogens with one attached hydrogen (secondary N) is 1. The molecule has 0 radical (unpaired) electrons. The molecule has 5 aromatic rings. The van der Waals surface area contributed by atoms with Gasteiger partial charge >= 0.3 is 0 Å². The highest BCUT2D eigenvalue weighted by Crippen LogP contribution is 2.55. The summed E-state index contributed by atoms with van der Waals surface area (Å²) in [6.45, 7) is 2.29. The van der Waals surface area contributed by atoms with E-state index in [1.165, 1.54) is 34.9 Å². The van der Waals surface area contributed by atoms with Crippen molar-refractivity contribution < 1.29 is 9.90 Å². The molecule has 0 amide bonds. The van der Waals surface area contributed by atoms with Gasteiger partial charge in [0.2, 0.25) is 0 Å². The zero-order valence-corrected chi connectivity index (χ0v) is 22.7. The second-order valence-corrected chi connectivity index (χ2v) is 13.0. The van der Waals surface area contributed by atoms with Crippen LogP contribution in [0.4, 0.5) is 0 Å². The maximum absolute atomic E-state index is 10.5. The molecule has 0 aliphatic carbocycles. The van der Waals surface area contributed by atoms with Crippen LogP contribution in [0.15, 0.2) is 121 Å². The molecule has 1 atom stereocenters. The zero-order chi connectivity index (χ0) is 26.8. The Bertz CT molecular complexity index is 1320. The topological polar surface area (TPSA) is 81.9 Å². The third-order valence-electron chi connectivity index (χ3n) is 6.86. The number of hydrogen-bond donors (Lipinski definition) is 2. The van der Waals surface area contributed by atoms with Gasteiger partial charge in [-0.1, -0.05) is 86.1 Å². The lowest BCUT2D eigenvalue weighted by atomic mass is 10.1. The van der Waals surface area contributed by atoms with Gasteiger partial charge in [-0.05, 0) is 60.9 Å². The number of fused-ring (bicyclic) bond motifs is 1. The molecular weight excluding hydrogens is 487 g/mol. The Hall–Kier alpha value is -3.72. The predicted octanol–water partition coefficient (Wildman–Crippen LogP) is 4.57. The largest absolute Gasteiger partial charge is 0.548 e. The Balaban J connectivity index is 0.000000194. The molecule has 4 aromatic carbocycles. The average Bonchev–Trinajstić information content (AvgIpc) is 3.38. The van der Waals surface area contributed by atoms with E-state index in [2.05, 4.69) is 103 Å². The average molecular weight is 523 g/mol. The Morgan fingerprint density at radius 2 is 1.26 bits per heavy atom. The molecule has 0 spiro atoms. The minimum Gasteiger partial charge on any atom is -0.548 e. The summed E-state index contributed by atoms with van der Waals surface area (Å²) in [5, 5.41) is 16.0. The molecule has 0 fully saturated rings. The summed E-state index contributed by atoms with van der Waals surface area (Å²) in [5.41, 5.74) is 7.31. The van der Waals surface area contributed by atoms with Crippen LogP contribution in [0.25, 0.3) is 10.9 Å². The number of carboxylic acid groups (broad SMARTS) is 1. The van der Waals surface area contributed by atoms with Gasteiger partial charge in [0.05, 0.1) is 12.1 Å². The summed E-state index contributed by atoms with van der Waals surface area (Å²) in [4.78, 5) is 13.6. The van der Waals surface area contributed by atoms with E-state index < -0.39 is 19.3 Å². The van der Waals surface area contributed by atoms with E-state index in [4.69, 9.17) is 5.73 Å². The third kappa shape index (κ3) is 6.22. The van der Waals surface area contributed by atoms with Crippen molar-refractivity contribution in [2.45, 2.75) is 32.2 Å². The molecule has 3 N–H and O–H groups in total. The highest BCUT2D eigenvalue weighted by Gasteiger charge is 2.44. The van der Waals surface area contributed by atoms with Crippen LogP contribution in [0, 0.1) is 0 Å². The number of H-pyrrole nitrogens is 1. The molecule has 0 aliphatic heterocycles. The summed E-state index contributed by atoms with van der Waals surface area (Å²) >= 11 is 0. The van der Waals surface area contributed by atoms with Crippen LogP contribution in [0.1, 0.15) is 25.3 Å². The van der Waals surface area contributed by atoms with Gasteiger partial charge in [-0.2, -0.15) is 0 Å². The second-order valence-electron chi connectivity index (χ2n) is 9.38. The zero-order valence-electron chi connectivity index (χ0n) is 21.8. The Morgan fingerprint density at radius 3 is 1.74 bits per heavy atom. The van der Waals surface area contributed by atoms with E-state index in [1.807, 2.05) is 24.3 Å². The minimum atomic E-state index is -1.57. The molecule has 4 nitrogen and oxygen atoms in total. The summed E-state index contributed by atoms with van der Waals surface area (Å²) in [6.07, 6.45) is 5.79. The summed E-state index contributed by atoms with van der Waals surface area (Å²) in [6, 6.07) is 40.1. The monoisotopic (exact) mass is 522 g/mol. The SMILES string of the molecule is CCCC[P+](c1ccccc1)(c1ccccc1)c1ccccc1.N[C@@H](Cc1c[nH]c2ccccc12)C(=O)[O-]. The van der Waals surface area contributed by atoms with E-state index in [0.29, 0.717) is 0 Å². The van der Waals surface area contributed by atoms with Gasteiger partial charge in [-0.3, -0.25) is 0 Å². The van der Waals surface area contributed by atoms with Gasteiger partial charge in [0.1, 0.15) is 23.2 Å². The molecule has 1 heterocycles. The normalized spacial score (nSPS) is 11.9. The first kappa shape index (κ1) is 27.3. The first-order valence-corrected chi connectivity index (χ1v) is 15.1. The lowest BCUT2D eigenvalue weighted by molar-refractivity contribution is -0.307. The number of benzene rings is 4. The molecule has 194 valence electrons. The second kappa shape index (κ2) is 13.2. The number of rotatable bonds is 9. The van der Waals surface area contributed by atoms with Crippen molar-refractivity contribution in [1.82, 2.24) is 4.98 Å². The van der Waals surface area contributed by atoms with Crippen molar-refractivity contribution in [3.8, 4) is 0 Å². The van der Waals surface area contributed by atoms with E-state index in [-0.39, 0.29) is 6.42 Å². The summed E-state index contributed by atoms with van der Waals surface area (Å²) in [7, 11) is -1.57. The van der Waals surface area contributed by atoms with Crippen molar-refractivity contribution in [3.63, 3.8) is 0 Å². The highest BCUT2D eigenvalue weighted by molar-refractivity contribution is 7.95. The van der Waals surface area contributed by atoms with Crippen LogP contribution < -0.4 is 26.8 Å². The van der Waals surface area contributed by atoms with Gasteiger partial charge in [0.15, 0.2) is 0 Å². The van der Waals surface area contributed by atoms with Crippen molar-refractivity contribution in [2.24, 2.45) is 5.73 Å². The number of carboxylic acids is 1. The number of aromatic amines is 1. The van der Waals surface area contributed by atoms with Crippen molar-refractivity contribution in [1.29, 1.82) is 0 Å². The number of carbonyl (C=O) groups excluding carboxylic acids is 1. The van der Waals surface area contributed by atoms with E-state index in [1.54, 1.807) is 6.20 Å². The van der Waals surface area contributed by atoms with E-state index in [0.717, 1.165) is 16.5 Å². The lowest BCUT2D eigenvalue weighted by Gasteiger charge is -2.27. The van der Waals surface area contributed by atoms with E-state index in [9.17, 15) is 9.90 Å². The lowest BCUT2D eigenvalue weighted by Crippen LogP contribution is -2.43. The minimum absolute atomic E-state index is 0.284.